The number of carbonyl (C=O) groups excluding carboxylic acids is 1. The summed E-state index contributed by atoms with van der Waals surface area (Å²) in [5, 5.41) is 6.26. The van der Waals surface area contributed by atoms with Crippen LogP contribution in [-0.4, -0.2) is 25.6 Å². The van der Waals surface area contributed by atoms with Crippen LogP contribution in [0.25, 0.3) is 0 Å². The van der Waals surface area contributed by atoms with Gasteiger partial charge in [0.25, 0.3) is 0 Å². The monoisotopic (exact) mass is 294 g/mol. The lowest BCUT2D eigenvalue weighted by Gasteiger charge is -2.15. The van der Waals surface area contributed by atoms with Crippen LogP contribution in [0.4, 0.5) is 4.39 Å². The van der Waals surface area contributed by atoms with Crippen LogP contribution in [0.1, 0.15) is 44.2 Å². The van der Waals surface area contributed by atoms with E-state index >= 15 is 0 Å². The third kappa shape index (κ3) is 5.01. The third-order valence-electron chi connectivity index (χ3n) is 3.65. The molecule has 116 valence electrons. The molecule has 0 aromatic heterocycles. The van der Waals surface area contributed by atoms with Crippen molar-refractivity contribution in [2.45, 2.75) is 44.7 Å². The second kappa shape index (κ2) is 7.41. The van der Waals surface area contributed by atoms with E-state index in [2.05, 4.69) is 10.6 Å². The Morgan fingerprint density at radius 2 is 2.24 bits per heavy atom. The van der Waals surface area contributed by atoms with Crippen molar-refractivity contribution in [1.82, 2.24) is 10.6 Å². The highest BCUT2D eigenvalue weighted by Gasteiger charge is 2.22. The number of ether oxygens (including phenoxy) is 1. The summed E-state index contributed by atoms with van der Waals surface area (Å²) in [6, 6.07) is 5.42. The molecular weight excluding hydrogens is 271 g/mol. The number of benzene rings is 1. The van der Waals surface area contributed by atoms with Gasteiger partial charge in [-0.05, 0) is 50.4 Å². The van der Waals surface area contributed by atoms with Crippen LogP contribution in [0, 0.1) is 5.82 Å². The summed E-state index contributed by atoms with van der Waals surface area (Å²) in [6.45, 7) is 2.71. The quantitative estimate of drug-likeness (QED) is 0.724. The molecule has 4 nitrogen and oxygen atoms in total. The molecule has 5 heteroatoms. The molecule has 1 fully saturated rings. The molecule has 1 saturated carbocycles. The summed E-state index contributed by atoms with van der Waals surface area (Å²) in [4.78, 5) is 11.5. The van der Waals surface area contributed by atoms with Gasteiger partial charge in [0, 0.05) is 18.5 Å². The number of nitrogens with one attached hydrogen (secondary N) is 2. The molecule has 0 saturated heterocycles. The maximum Gasteiger partial charge on any atom is 0.220 e. The van der Waals surface area contributed by atoms with Crippen LogP contribution < -0.4 is 15.4 Å². The Kier molecular flexibility index (Phi) is 5.56. The molecule has 0 spiro atoms. The number of hydrogen-bond acceptors (Lipinski definition) is 3. The predicted octanol–water partition coefficient (Wildman–Crippen LogP) is 2.54. The number of hydrogen-bond donors (Lipinski definition) is 2. The lowest BCUT2D eigenvalue weighted by atomic mass is 10.1. The number of carbonyl (C=O) groups is 1. The maximum absolute atomic E-state index is 13.6. The van der Waals surface area contributed by atoms with Gasteiger partial charge < -0.3 is 15.4 Å². The molecule has 2 N–H and O–H groups in total. The Morgan fingerprint density at radius 1 is 1.48 bits per heavy atom. The lowest BCUT2D eigenvalue weighted by Crippen LogP contribution is -2.27. The van der Waals surface area contributed by atoms with Crippen molar-refractivity contribution in [3.63, 3.8) is 0 Å². The smallest absolute Gasteiger partial charge is 0.220 e. The topological polar surface area (TPSA) is 50.4 Å². The van der Waals surface area contributed by atoms with E-state index in [1.807, 2.05) is 13.0 Å². The molecule has 2 rings (SSSR count). The van der Waals surface area contributed by atoms with Crippen LogP contribution in [0.3, 0.4) is 0 Å². The minimum atomic E-state index is -0.354. The third-order valence-corrected chi connectivity index (χ3v) is 3.65. The highest BCUT2D eigenvalue weighted by Crippen LogP contribution is 2.21. The predicted molar refractivity (Wildman–Crippen MR) is 79.8 cm³/mol. The first kappa shape index (κ1) is 15.8. The van der Waals surface area contributed by atoms with E-state index in [-0.39, 0.29) is 23.5 Å². The van der Waals surface area contributed by atoms with Gasteiger partial charge >= 0.3 is 0 Å². The van der Waals surface area contributed by atoms with Crippen molar-refractivity contribution in [2.75, 3.05) is 13.7 Å². The minimum Gasteiger partial charge on any atom is -0.494 e. The SMILES string of the molecule is COc1ccc(C(C)NCCCC(=O)NC2CC2)cc1F. The van der Waals surface area contributed by atoms with E-state index in [9.17, 15) is 9.18 Å². The van der Waals surface area contributed by atoms with Crippen molar-refractivity contribution < 1.29 is 13.9 Å². The fraction of sp³-hybridized carbons (Fsp3) is 0.562. The molecule has 0 radical (unpaired) electrons. The van der Waals surface area contributed by atoms with Gasteiger partial charge in [-0.1, -0.05) is 6.07 Å². The number of methoxy groups -OCH3 is 1. The van der Waals surface area contributed by atoms with E-state index in [4.69, 9.17) is 4.74 Å². The van der Waals surface area contributed by atoms with Crippen molar-refractivity contribution in [3.05, 3.63) is 29.6 Å². The van der Waals surface area contributed by atoms with E-state index in [1.165, 1.54) is 13.2 Å². The molecule has 0 aliphatic heterocycles. The van der Waals surface area contributed by atoms with E-state index in [0.717, 1.165) is 31.4 Å². The molecule has 1 aromatic carbocycles. The van der Waals surface area contributed by atoms with Crippen LogP contribution >= 0.6 is 0 Å². The highest BCUT2D eigenvalue weighted by atomic mass is 19.1. The fourth-order valence-corrected chi connectivity index (χ4v) is 2.16. The van der Waals surface area contributed by atoms with Crippen LogP contribution in [-0.2, 0) is 4.79 Å². The summed E-state index contributed by atoms with van der Waals surface area (Å²) >= 11 is 0. The van der Waals surface area contributed by atoms with Crippen LogP contribution in [0.15, 0.2) is 18.2 Å². The lowest BCUT2D eigenvalue weighted by molar-refractivity contribution is -0.121. The molecule has 1 aliphatic carbocycles. The van der Waals surface area contributed by atoms with Gasteiger partial charge in [-0.25, -0.2) is 4.39 Å². The second-order valence-electron chi connectivity index (χ2n) is 5.52. The maximum atomic E-state index is 13.6. The van der Waals surface area contributed by atoms with Crippen molar-refractivity contribution in [3.8, 4) is 5.75 Å². The molecule has 0 bridgehead atoms. The van der Waals surface area contributed by atoms with Gasteiger partial charge in [-0.3, -0.25) is 4.79 Å². The number of amides is 1. The van der Waals surface area contributed by atoms with Gasteiger partial charge in [0.2, 0.25) is 5.91 Å². The first-order valence-electron chi connectivity index (χ1n) is 7.46. The van der Waals surface area contributed by atoms with E-state index in [1.54, 1.807) is 6.07 Å². The molecule has 1 aliphatic rings. The fourth-order valence-electron chi connectivity index (χ4n) is 2.16. The molecule has 0 heterocycles. The Bertz CT molecular complexity index is 489. The first-order chi connectivity index (χ1) is 10.1. The summed E-state index contributed by atoms with van der Waals surface area (Å²) in [7, 11) is 1.45. The molecule has 1 unspecified atom stereocenters. The molecule has 1 amide bonds. The largest absolute Gasteiger partial charge is 0.494 e. The standard InChI is InChI=1S/C16H23FN2O2/c1-11(12-5-8-15(21-2)14(17)10-12)18-9-3-4-16(20)19-13-6-7-13/h5,8,10-11,13,18H,3-4,6-7,9H2,1-2H3,(H,19,20). The van der Waals surface area contributed by atoms with Gasteiger partial charge in [0.15, 0.2) is 11.6 Å². The van der Waals surface area contributed by atoms with Crippen LogP contribution in [0.2, 0.25) is 0 Å². The summed E-state index contributed by atoms with van der Waals surface area (Å²) in [6.07, 6.45) is 3.54. The molecule has 1 atom stereocenters. The van der Waals surface area contributed by atoms with Gasteiger partial charge in [0.1, 0.15) is 0 Å². The normalized spacial score (nSPS) is 15.6. The van der Waals surface area contributed by atoms with Gasteiger partial charge in [-0.15, -0.1) is 0 Å². The zero-order valence-electron chi connectivity index (χ0n) is 12.6. The Labute approximate surface area is 125 Å². The average molecular weight is 294 g/mol. The summed E-state index contributed by atoms with van der Waals surface area (Å²) in [5.41, 5.74) is 0.871. The minimum absolute atomic E-state index is 0.0388. The van der Waals surface area contributed by atoms with Crippen molar-refractivity contribution in [2.24, 2.45) is 0 Å². The zero-order valence-corrected chi connectivity index (χ0v) is 12.6. The highest BCUT2D eigenvalue weighted by molar-refractivity contribution is 5.76. The van der Waals surface area contributed by atoms with Crippen molar-refractivity contribution >= 4 is 5.91 Å². The Hall–Kier alpha value is -1.62. The summed E-state index contributed by atoms with van der Waals surface area (Å²) in [5.74, 6) is 0.0256. The number of halogens is 1. The van der Waals surface area contributed by atoms with Gasteiger partial charge in [0.05, 0.1) is 7.11 Å². The van der Waals surface area contributed by atoms with E-state index < -0.39 is 0 Å². The molecular formula is C16H23FN2O2. The number of rotatable bonds is 8. The molecule has 21 heavy (non-hydrogen) atoms. The van der Waals surface area contributed by atoms with Crippen LogP contribution in [0.5, 0.6) is 5.75 Å². The molecule has 1 aromatic rings. The Balaban J connectivity index is 1.69. The van der Waals surface area contributed by atoms with Crippen molar-refractivity contribution in [1.29, 1.82) is 0 Å². The van der Waals surface area contributed by atoms with Gasteiger partial charge in [-0.2, -0.15) is 0 Å². The average Bonchev–Trinajstić information content (AvgIpc) is 3.27. The zero-order chi connectivity index (χ0) is 15.2. The first-order valence-corrected chi connectivity index (χ1v) is 7.46. The van der Waals surface area contributed by atoms with E-state index in [0.29, 0.717) is 12.5 Å². The summed E-state index contributed by atoms with van der Waals surface area (Å²) < 4.78 is 18.5. The Morgan fingerprint density at radius 3 is 2.86 bits per heavy atom. The second-order valence-corrected chi connectivity index (χ2v) is 5.52.